The summed E-state index contributed by atoms with van der Waals surface area (Å²) in [5.41, 5.74) is 1.25. The quantitative estimate of drug-likeness (QED) is 0.936. The molecule has 114 valence electrons. The topological polar surface area (TPSA) is 75.4 Å². The summed E-state index contributed by atoms with van der Waals surface area (Å²) in [6.45, 7) is 0.601. The van der Waals surface area contributed by atoms with E-state index < -0.39 is 5.97 Å². The van der Waals surface area contributed by atoms with Crippen LogP contribution in [0.2, 0.25) is 0 Å². The molecule has 1 aliphatic rings. The van der Waals surface area contributed by atoms with Gasteiger partial charge in [0.05, 0.1) is 17.7 Å². The minimum Gasteiger partial charge on any atom is -0.481 e. The fourth-order valence-electron chi connectivity index (χ4n) is 2.94. The van der Waals surface area contributed by atoms with E-state index in [9.17, 15) is 9.59 Å². The Hall–Kier alpha value is -2.63. The van der Waals surface area contributed by atoms with E-state index in [0.29, 0.717) is 17.8 Å². The number of aliphatic carboxylic acids is 1. The summed E-state index contributed by atoms with van der Waals surface area (Å²) >= 11 is 0. The van der Waals surface area contributed by atoms with Crippen molar-refractivity contribution in [3.8, 4) is 5.69 Å². The molecule has 1 aromatic carbocycles. The summed E-state index contributed by atoms with van der Waals surface area (Å²) in [6, 6.07) is 8.83. The number of hydrogen-bond acceptors (Lipinski definition) is 3. The Bertz CT molecular complexity index is 682. The lowest BCUT2D eigenvalue weighted by Gasteiger charge is -2.24. The highest BCUT2D eigenvalue weighted by atomic mass is 16.4. The Balaban J connectivity index is 1.91. The van der Waals surface area contributed by atoms with Crippen LogP contribution in [0.5, 0.6) is 0 Å². The number of carboxylic acid groups (broad SMARTS) is 1. The van der Waals surface area contributed by atoms with E-state index in [1.807, 2.05) is 18.2 Å². The minimum absolute atomic E-state index is 0.00429. The average Bonchev–Trinajstić information content (AvgIpc) is 3.17. The summed E-state index contributed by atoms with van der Waals surface area (Å²) < 4.78 is 1.65. The van der Waals surface area contributed by atoms with Crippen LogP contribution in [0.25, 0.3) is 5.69 Å². The Morgan fingerprint density at radius 1 is 1.27 bits per heavy atom. The van der Waals surface area contributed by atoms with Crippen LogP contribution in [0.15, 0.2) is 42.7 Å². The van der Waals surface area contributed by atoms with Gasteiger partial charge in [0.2, 0.25) is 0 Å². The molecule has 3 rings (SSSR count). The molecule has 2 aromatic rings. The van der Waals surface area contributed by atoms with Gasteiger partial charge in [-0.2, -0.15) is 5.10 Å². The number of nitrogens with zero attached hydrogens (tertiary/aromatic N) is 3. The predicted octanol–water partition coefficient (Wildman–Crippen LogP) is 1.95. The largest absolute Gasteiger partial charge is 0.481 e. The highest BCUT2D eigenvalue weighted by molar-refractivity contribution is 5.98. The lowest BCUT2D eigenvalue weighted by atomic mass is 10.1. The number of carbonyl (C=O) groups is 2. The number of benzene rings is 1. The number of likely N-dealkylation sites (tertiary alicyclic amines) is 1. The van der Waals surface area contributed by atoms with Crippen molar-refractivity contribution >= 4 is 11.9 Å². The third-order valence-electron chi connectivity index (χ3n) is 3.93. The number of aromatic nitrogens is 2. The second kappa shape index (κ2) is 6.01. The number of hydrogen-bond donors (Lipinski definition) is 1. The third-order valence-corrected chi connectivity index (χ3v) is 3.93. The lowest BCUT2D eigenvalue weighted by Crippen LogP contribution is -2.37. The van der Waals surface area contributed by atoms with Gasteiger partial charge in [-0.1, -0.05) is 12.1 Å². The molecular weight excluding hydrogens is 282 g/mol. The van der Waals surface area contributed by atoms with E-state index in [1.54, 1.807) is 34.1 Å². The van der Waals surface area contributed by atoms with Crippen molar-refractivity contribution in [1.82, 2.24) is 14.7 Å². The van der Waals surface area contributed by atoms with Gasteiger partial charge >= 0.3 is 5.97 Å². The van der Waals surface area contributed by atoms with Gasteiger partial charge in [-0.3, -0.25) is 9.59 Å². The molecule has 1 unspecified atom stereocenters. The Morgan fingerprint density at radius 3 is 2.82 bits per heavy atom. The van der Waals surface area contributed by atoms with Gasteiger partial charge < -0.3 is 10.0 Å². The number of para-hydroxylation sites is 1. The van der Waals surface area contributed by atoms with Crippen LogP contribution < -0.4 is 0 Å². The zero-order valence-electron chi connectivity index (χ0n) is 12.1. The molecule has 0 saturated carbocycles. The second-order valence-electron chi connectivity index (χ2n) is 5.36. The van der Waals surface area contributed by atoms with Crippen LogP contribution in [0, 0.1) is 0 Å². The molecule has 1 aromatic heterocycles. The van der Waals surface area contributed by atoms with Crippen molar-refractivity contribution in [2.45, 2.75) is 25.3 Å². The molecule has 0 radical (unpaired) electrons. The first-order valence-electron chi connectivity index (χ1n) is 7.28. The van der Waals surface area contributed by atoms with Crippen LogP contribution in [-0.2, 0) is 4.79 Å². The first-order chi connectivity index (χ1) is 10.7. The molecule has 1 fully saturated rings. The molecule has 1 N–H and O–H groups in total. The molecule has 0 bridgehead atoms. The monoisotopic (exact) mass is 299 g/mol. The molecule has 6 heteroatoms. The maximum Gasteiger partial charge on any atom is 0.305 e. The Morgan fingerprint density at radius 2 is 2.09 bits per heavy atom. The zero-order valence-corrected chi connectivity index (χ0v) is 12.1. The lowest BCUT2D eigenvalue weighted by molar-refractivity contribution is -0.137. The maximum atomic E-state index is 12.8. The summed E-state index contributed by atoms with van der Waals surface area (Å²) in [5.74, 6) is -1.00. The highest BCUT2D eigenvalue weighted by Gasteiger charge is 2.32. The van der Waals surface area contributed by atoms with Crippen LogP contribution in [0.3, 0.4) is 0 Å². The SMILES string of the molecule is O=C(O)CC1CCCN1C(=O)c1ccccc1-n1cccn1. The summed E-state index contributed by atoms with van der Waals surface area (Å²) in [6.07, 6.45) is 5.01. The normalized spacial score (nSPS) is 17.6. The smallest absolute Gasteiger partial charge is 0.305 e. The highest BCUT2D eigenvalue weighted by Crippen LogP contribution is 2.24. The molecule has 0 aliphatic carbocycles. The van der Waals surface area contributed by atoms with Crippen molar-refractivity contribution in [3.05, 3.63) is 48.3 Å². The third kappa shape index (κ3) is 2.72. The molecule has 22 heavy (non-hydrogen) atoms. The van der Waals surface area contributed by atoms with Crippen molar-refractivity contribution < 1.29 is 14.7 Å². The molecule has 0 spiro atoms. The first-order valence-corrected chi connectivity index (χ1v) is 7.28. The molecule has 1 aliphatic heterocycles. The summed E-state index contributed by atoms with van der Waals surface area (Å²) in [5, 5.41) is 13.2. The van der Waals surface area contributed by atoms with E-state index in [-0.39, 0.29) is 18.4 Å². The molecule has 1 atom stereocenters. The van der Waals surface area contributed by atoms with E-state index in [0.717, 1.165) is 12.8 Å². The Labute approximate surface area is 128 Å². The van der Waals surface area contributed by atoms with Crippen LogP contribution >= 0.6 is 0 Å². The fourth-order valence-corrected chi connectivity index (χ4v) is 2.94. The fraction of sp³-hybridized carbons (Fsp3) is 0.312. The van der Waals surface area contributed by atoms with E-state index in [1.165, 1.54) is 0 Å². The van der Waals surface area contributed by atoms with Gasteiger partial charge in [0, 0.05) is 25.0 Å². The molecular formula is C16H17N3O3. The average molecular weight is 299 g/mol. The van der Waals surface area contributed by atoms with E-state index >= 15 is 0 Å². The van der Waals surface area contributed by atoms with E-state index in [4.69, 9.17) is 5.11 Å². The molecule has 6 nitrogen and oxygen atoms in total. The van der Waals surface area contributed by atoms with Crippen molar-refractivity contribution in [1.29, 1.82) is 0 Å². The van der Waals surface area contributed by atoms with Gasteiger partial charge in [0.25, 0.3) is 5.91 Å². The van der Waals surface area contributed by atoms with Gasteiger partial charge in [0.15, 0.2) is 0 Å². The van der Waals surface area contributed by atoms with Crippen molar-refractivity contribution in [3.63, 3.8) is 0 Å². The van der Waals surface area contributed by atoms with Crippen molar-refractivity contribution in [2.75, 3.05) is 6.54 Å². The number of rotatable bonds is 4. The van der Waals surface area contributed by atoms with Crippen LogP contribution in [-0.4, -0.2) is 44.3 Å². The molecule has 1 saturated heterocycles. The van der Waals surface area contributed by atoms with Crippen LogP contribution in [0.4, 0.5) is 0 Å². The van der Waals surface area contributed by atoms with Gasteiger partial charge in [-0.25, -0.2) is 4.68 Å². The standard InChI is InChI=1S/C16H17N3O3/c20-15(21)11-12-5-3-9-18(12)16(22)13-6-1-2-7-14(13)19-10-4-8-17-19/h1-2,4,6-8,10,12H,3,5,9,11H2,(H,20,21). The van der Waals surface area contributed by atoms with Gasteiger partial charge in [-0.05, 0) is 31.0 Å². The van der Waals surface area contributed by atoms with Crippen molar-refractivity contribution in [2.24, 2.45) is 0 Å². The number of carbonyl (C=O) groups excluding carboxylic acids is 1. The predicted molar refractivity (Wildman–Crippen MR) is 79.9 cm³/mol. The number of amides is 1. The van der Waals surface area contributed by atoms with Crippen LogP contribution in [0.1, 0.15) is 29.6 Å². The minimum atomic E-state index is -0.870. The van der Waals surface area contributed by atoms with Gasteiger partial charge in [0.1, 0.15) is 0 Å². The second-order valence-corrected chi connectivity index (χ2v) is 5.36. The zero-order chi connectivity index (χ0) is 15.5. The molecule has 2 heterocycles. The summed E-state index contributed by atoms with van der Waals surface area (Å²) in [7, 11) is 0. The van der Waals surface area contributed by atoms with E-state index in [2.05, 4.69) is 5.10 Å². The first kappa shape index (κ1) is 14.3. The maximum absolute atomic E-state index is 12.8. The number of carboxylic acids is 1. The molecule has 1 amide bonds. The van der Waals surface area contributed by atoms with Gasteiger partial charge in [-0.15, -0.1) is 0 Å². The summed E-state index contributed by atoms with van der Waals surface area (Å²) in [4.78, 5) is 25.5. The Kier molecular flexibility index (Phi) is 3.91.